The van der Waals surface area contributed by atoms with Gasteiger partial charge in [0.1, 0.15) is 0 Å². The molecular weight excluding hydrogens is 276 g/mol. The van der Waals surface area contributed by atoms with E-state index in [9.17, 15) is 0 Å². The van der Waals surface area contributed by atoms with Gasteiger partial charge in [-0.3, -0.25) is 0 Å². The van der Waals surface area contributed by atoms with Crippen molar-refractivity contribution < 1.29 is 9.16 Å². The van der Waals surface area contributed by atoms with E-state index in [4.69, 9.17) is 9.16 Å². The molecule has 0 aliphatic carbocycles. The molecule has 0 spiro atoms. The third kappa shape index (κ3) is 3.43. The van der Waals surface area contributed by atoms with Gasteiger partial charge >= 0.3 is 0 Å². The van der Waals surface area contributed by atoms with Crippen molar-refractivity contribution in [1.82, 2.24) is 0 Å². The minimum absolute atomic E-state index is 0.0717. The summed E-state index contributed by atoms with van der Waals surface area (Å²) < 4.78 is 12.6. The number of benzene rings is 2. The molecule has 0 aromatic heterocycles. The molecule has 110 valence electrons. The van der Waals surface area contributed by atoms with Crippen molar-refractivity contribution in [3.63, 3.8) is 0 Å². The monoisotopic (exact) mass is 298 g/mol. The first-order chi connectivity index (χ1) is 10.0. The normalized spacial score (nSPS) is 21.9. The maximum Gasteiger partial charge on any atom is 0.187 e. The van der Waals surface area contributed by atoms with E-state index < -0.39 is 8.32 Å². The molecule has 1 aliphatic heterocycles. The van der Waals surface area contributed by atoms with Gasteiger partial charge < -0.3 is 9.16 Å². The van der Waals surface area contributed by atoms with Gasteiger partial charge in [0.2, 0.25) is 0 Å². The predicted octanol–water partition coefficient (Wildman–Crippen LogP) is 4.85. The Balaban J connectivity index is 1.93. The quantitative estimate of drug-likeness (QED) is 0.754. The zero-order valence-electron chi connectivity index (χ0n) is 12.9. The predicted molar refractivity (Wildman–Crippen MR) is 87.6 cm³/mol. The SMILES string of the molecule is C[Si](C)(C)O[C@@H]1O[C@@H](c2ccccc2)Cc2ccccc21. The average molecular weight is 298 g/mol. The van der Waals surface area contributed by atoms with Crippen LogP contribution >= 0.6 is 0 Å². The molecule has 1 aliphatic rings. The molecule has 0 unspecified atom stereocenters. The second kappa shape index (κ2) is 5.76. The van der Waals surface area contributed by atoms with E-state index in [1.165, 1.54) is 16.7 Å². The third-order valence-electron chi connectivity index (χ3n) is 3.63. The molecule has 2 aromatic carbocycles. The van der Waals surface area contributed by atoms with Crippen molar-refractivity contribution in [2.75, 3.05) is 0 Å². The first-order valence-electron chi connectivity index (χ1n) is 7.49. The first-order valence-corrected chi connectivity index (χ1v) is 10.9. The lowest BCUT2D eigenvalue weighted by molar-refractivity contribution is -0.139. The van der Waals surface area contributed by atoms with Gasteiger partial charge in [-0.05, 0) is 30.8 Å². The molecule has 1 heterocycles. The summed E-state index contributed by atoms with van der Waals surface area (Å²) in [6.07, 6.45) is 0.737. The van der Waals surface area contributed by atoms with Gasteiger partial charge in [-0.15, -0.1) is 0 Å². The van der Waals surface area contributed by atoms with E-state index >= 15 is 0 Å². The topological polar surface area (TPSA) is 18.5 Å². The standard InChI is InChI=1S/C18H22O2Si/c1-21(2,3)20-18-16-12-8-7-11-15(16)13-17(19-18)14-9-5-4-6-10-14/h4-12,17-18H,13H2,1-3H3/t17-,18+/m1/s1. The molecule has 0 saturated heterocycles. The lowest BCUT2D eigenvalue weighted by Gasteiger charge is -2.35. The number of hydrogen-bond acceptors (Lipinski definition) is 2. The zero-order valence-corrected chi connectivity index (χ0v) is 13.9. The van der Waals surface area contributed by atoms with Crippen molar-refractivity contribution in [2.24, 2.45) is 0 Å². The second-order valence-corrected chi connectivity index (χ2v) is 11.0. The van der Waals surface area contributed by atoms with Crippen LogP contribution in [0.5, 0.6) is 0 Å². The Kier molecular flexibility index (Phi) is 3.98. The fraction of sp³-hybridized carbons (Fsp3) is 0.333. The summed E-state index contributed by atoms with van der Waals surface area (Å²) in [4.78, 5) is 0. The molecule has 0 N–H and O–H groups in total. The van der Waals surface area contributed by atoms with Gasteiger partial charge in [0.15, 0.2) is 14.6 Å². The van der Waals surface area contributed by atoms with E-state index in [0.717, 1.165) is 6.42 Å². The number of ether oxygens (including phenoxy) is 1. The Labute approximate surface area is 127 Å². The molecule has 0 fully saturated rings. The van der Waals surface area contributed by atoms with Crippen molar-refractivity contribution in [3.05, 3.63) is 71.3 Å². The molecule has 0 radical (unpaired) electrons. The van der Waals surface area contributed by atoms with Crippen LogP contribution < -0.4 is 0 Å². The fourth-order valence-electron chi connectivity index (χ4n) is 2.70. The summed E-state index contributed by atoms with van der Waals surface area (Å²) in [6, 6.07) is 18.9. The van der Waals surface area contributed by atoms with Crippen LogP contribution in [0.3, 0.4) is 0 Å². The number of rotatable bonds is 3. The largest absolute Gasteiger partial charge is 0.390 e. The Morgan fingerprint density at radius 3 is 2.33 bits per heavy atom. The zero-order chi connectivity index (χ0) is 14.9. The summed E-state index contributed by atoms with van der Waals surface area (Å²) in [5.41, 5.74) is 3.74. The summed E-state index contributed by atoms with van der Waals surface area (Å²) in [5.74, 6) is 0. The van der Waals surface area contributed by atoms with E-state index in [1.54, 1.807) is 0 Å². The van der Waals surface area contributed by atoms with Crippen molar-refractivity contribution in [2.45, 2.75) is 38.5 Å². The maximum atomic E-state index is 6.29. The van der Waals surface area contributed by atoms with Crippen LogP contribution in [-0.4, -0.2) is 8.32 Å². The van der Waals surface area contributed by atoms with E-state index in [-0.39, 0.29) is 12.4 Å². The lowest BCUT2D eigenvalue weighted by Crippen LogP contribution is -2.32. The minimum Gasteiger partial charge on any atom is -0.390 e. The van der Waals surface area contributed by atoms with Crippen LogP contribution in [0.15, 0.2) is 54.6 Å². The van der Waals surface area contributed by atoms with Gasteiger partial charge in [-0.1, -0.05) is 54.6 Å². The maximum absolute atomic E-state index is 6.29. The van der Waals surface area contributed by atoms with Gasteiger partial charge in [-0.25, -0.2) is 0 Å². The van der Waals surface area contributed by atoms with Crippen molar-refractivity contribution in [3.8, 4) is 0 Å². The Morgan fingerprint density at radius 2 is 1.62 bits per heavy atom. The highest BCUT2D eigenvalue weighted by Crippen LogP contribution is 2.39. The van der Waals surface area contributed by atoms with Crippen LogP contribution in [0, 0.1) is 0 Å². The van der Waals surface area contributed by atoms with Crippen LogP contribution in [0.25, 0.3) is 0 Å². The highest BCUT2D eigenvalue weighted by molar-refractivity contribution is 6.69. The second-order valence-electron chi connectivity index (χ2n) is 6.50. The molecule has 3 rings (SSSR count). The van der Waals surface area contributed by atoms with Crippen LogP contribution in [0.1, 0.15) is 29.1 Å². The molecule has 3 heteroatoms. The van der Waals surface area contributed by atoms with Gasteiger partial charge in [0.25, 0.3) is 0 Å². The van der Waals surface area contributed by atoms with Crippen molar-refractivity contribution >= 4 is 8.32 Å². The molecule has 0 saturated carbocycles. The van der Waals surface area contributed by atoms with Gasteiger partial charge in [0, 0.05) is 12.0 Å². The number of fused-ring (bicyclic) bond motifs is 1. The molecule has 2 atom stereocenters. The van der Waals surface area contributed by atoms with E-state index in [1.807, 2.05) is 6.07 Å². The molecular formula is C18H22O2Si. The summed E-state index contributed by atoms with van der Waals surface area (Å²) >= 11 is 0. The average Bonchev–Trinajstić information content (AvgIpc) is 2.46. The number of hydrogen-bond donors (Lipinski definition) is 0. The summed E-state index contributed by atoms with van der Waals surface area (Å²) in [7, 11) is -1.67. The molecule has 0 bridgehead atoms. The Hall–Kier alpha value is -1.42. The molecule has 21 heavy (non-hydrogen) atoms. The highest BCUT2D eigenvalue weighted by Gasteiger charge is 2.32. The highest BCUT2D eigenvalue weighted by atomic mass is 28.4. The van der Waals surface area contributed by atoms with Crippen LogP contribution in [0.2, 0.25) is 19.6 Å². The molecule has 2 nitrogen and oxygen atoms in total. The smallest absolute Gasteiger partial charge is 0.187 e. The lowest BCUT2D eigenvalue weighted by atomic mass is 9.94. The van der Waals surface area contributed by atoms with E-state index in [0.29, 0.717) is 0 Å². The molecule has 2 aromatic rings. The Morgan fingerprint density at radius 1 is 0.952 bits per heavy atom. The fourth-order valence-corrected chi connectivity index (χ4v) is 3.52. The van der Waals surface area contributed by atoms with Gasteiger partial charge in [-0.2, -0.15) is 0 Å². The summed E-state index contributed by atoms with van der Waals surface area (Å²) in [6.45, 7) is 6.60. The van der Waals surface area contributed by atoms with Crippen LogP contribution in [0.4, 0.5) is 0 Å². The van der Waals surface area contributed by atoms with Crippen molar-refractivity contribution in [1.29, 1.82) is 0 Å². The van der Waals surface area contributed by atoms with Crippen LogP contribution in [-0.2, 0) is 15.6 Å². The first kappa shape index (κ1) is 14.5. The third-order valence-corrected chi connectivity index (χ3v) is 4.56. The minimum atomic E-state index is -1.67. The Bertz CT molecular complexity index is 604. The van der Waals surface area contributed by atoms with Gasteiger partial charge in [0.05, 0.1) is 6.10 Å². The van der Waals surface area contributed by atoms with E-state index in [2.05, 4.69) is 68.2 Å². The molecule has 0 amide bonds. The summed E-state index contributed by atoms with van der Waals surface area (Å²) in [5, 5.41) is 0.